The van der Waals surface area contributed by atoms with Crippen molar-refractivity contribution in [3.63, 3.8) is 0 Å². The van der Waals surface area contributed by atoms with E-state index in [1.54, 1.807) is 13.8 Å². The summed E-state index contributed by atoms with van der Waals surface area (Å²) in [4.78, 5) is 11.0. The van der Waals surface area contributed by atoms with Gasteiger partial charge in [-0.15, -0.1) is 5.10 Å². The van der Waals surface area contributed by atoms with Crippen LogP contribution in [0.4, 0.5) is 0 Å². The first kappa shape index (κ1) is 12.6. The predicted molar refractivity (Wildman–Crippen MR) is 57.5 cm³/mol. The van der Waals surface area contributed by atoms with Crippen molar-refractivity contribution in [1.29, 1.82) is 0 Å². The fourth-order valence-electron chi connectivity index (χ4n) is 1.50. The molecule has 2 atom stereocenters. The van der Waals surface area contributed by atoms with Crippen molar-refractivity contribution in [3.8, 4) is 0 Å². The SMILES string of the molecule is CC(C)c1c(C(=O)O)nnn1C(C)C(C)O. The van der Waals surface area contributed by atoms with Gasteiger partial charge in [0, 0.05) is 0 Å². The van der Waals surface area contributed by atoms with E-state index in [-0.39, 0.29) is 17.7 Å². The van der Waals surface area contributed by atoms with Gasteiger partial charge in [0.25, 0.3) is 0 Å². The monoisotopic (exact) mass is 227 g/mol. The number of hydrogen-bond donors (Lipinski definition) is 2. The molecule has 6 heteroatoms. The Bertz CT molecular complexity index is 385. The van der Waals surface area contributed by atoms with Crippen LogP contribution in [0.25, 0.3) is 0 Å². The molecule has 0 saturated carbocycles. The molecule has 6 nitrogen and oxygen atoms in total. The summed E-state index contributed by atoms with van der Waals surface area (Å²) in [5.74, 6) is -1.10. The van der Waals surface area contributed by atoms with E-state index in [1.807, 2.05) is 13.8 Å². The molecule has 1 rings (SSSR count). The van der Waals surface area contributed by atoms with E-state index in [1.165, 1.54) is 4.68 Å². The lowest BCUT2D eigenvalue weighted by molar-refractivity contribution is 0.0688. The molecule has 0 radical (unpaired) electrons. The minimum Gasteiger partial charge on any atom is -0.476 e. The maximum absolute atomic E-state index is 11.0. The number of hydrogen-bond acceptors (Lipinski definition) is 4. The lowest BCUT2D eigenvalue weighted by Crippen LogP contribution is -2.22. The van der Waals surface area contributed by atoms with Gasteiger partial charge >= 0.3 is 5.97 Å². The number of aliphatic hydroxyl groups is 1. The van der Waals surface area contributed by atoms with Crippen molar-refractivity contribution in [2.75, 3.05) is 0 Å². The van der Waals surface area contributed by atoms with Gasteiger partial charge in [-0.3, -0.25) is 0 Å². The summed E-state index contributed by atoms with van der Waals surface area (Å²) in [7, 11) is 0. The summed E-state index contributed by atoms with van der Waals surface area (Å²) in [6.07, 6.45) is -0.610. The van der Waals surface area contributed by atoms with Gasteiger partial charge in [0.05, 0.1) is 17.8 Å². The van der Waals surface area contributed by atoms with Crippen LogP contribution in [0.1, 0.15) is 55.8 Å². The fourth-order valence-corrected chi connectivity index (χ4v) is 1.50. The molecule has 0 aliphatic rings. The Labute approximate surface area is 93.9 Å². The number of aromatic carboxylic acids is 1. The van der Waals surface area contributed by atoms with Crippen molar-refractivity contribution < 1.29 is 15.0 Å². The summed E-state index contributed by atoms with van der Waals surface area (Å²) in [5.41, 5.74) is 0.503. The van der Waals surface area contributed by atoms with Crippen LogP contribution in [0.2, 0.25) is 0 Å². The van der Waals surface area contributed by atoms with Crippen molar-refractivity contribution in [2.45, 2.75) is 45.8 Å². The Morgan fingerprint density at radius 3 is 2.25 bits per heavy atom. The lowest BCUT2D eigenvalue weighted by Gasteiger charge is -2.18. The van der Waals surface area contributed by atoms with Gasteiger partial charge in [0.15, 0.2) is 5.69 Å². The Kier molecular flexibility index (Phi) is 3.64. The third kappa shape index (κ3) is 2.21. The van der Waals surface area contributed by atoms with E-state index < -0.39 is 12.1 Å². The van der Waals surface area contributed by atoms with Crippen LogP contribution in [-0.4, -0.2) is 37.3 Å². The number of aliphatic hydroxyl groups excluding tert-OH is 1. The van der Waals surface area contributed by atoms with Gasteiger partial charge in [0.2, 0.25) is 0 Å². The summed E-state index contributed by atoms with van der Waals surface area (Å²) in [6, 6.07) is -0.294. The Hall–Kier alpha value is -1.43. The Morgan fingerprint density at radius 2 is 1.88 bits per heavy atom. The van der Waals surface area contributed by atoms with Crippen molar-refractivity contribution in [1.82, 2.24) is 15.0 Å². The Morgan fingerprint density at radius 1 is 1.31 bits per heavy atom. The van der Waals surface area contributed by atoms with Crippen molar-refractivity contribution >= 4 is 5.97 Å². The molecule has 1 heterocycles. The van der Waals surface area contributed by atoms with E-state index >= 15 is 0 Å². The van der Waals surface area contributed by atoms with Crippen LogP contribution in [0, 0.1) is 0 Å². The molecule has 0 saturated heterocycles. The number of aromatic nitrogens is 3. The zero-order chi connectivity index (χ0) is 12.5. The first-order valence-corrected chi connectivity index (χ1v) is 5.22. The van der Waals surface area contributed by atoms with Gasteiger partial charge in [-0.25, -0.2) is 9.48 Å². The first-order chi connectivity index (χ1) is 7.36. The van der Waals surface area contributed by atoms with Gasteiger partial charge in [-0.1, -0.05) is 19.1 Å². The van der Waals surface area contributed by atoms with Crippen LogP contribution >= 0.6 is 0 Å². The van der Waals surface area contributed by atoms with Crippen LogP contribution < -0.4 is 0 Å². The molecule has 1 aromatic rings. The lowest BCUT2D eigenvalue weighted by atomic mass is 10.1. The second kappa shape index (κ2) is 4.61. The fraction of sp³-hybridized carbons (Fsp3) is 0.700. The van der Waals surface area contributed by atoms with Crippen LogP contribution in [0.3, 0.4) is 0 Å². The summed E-state index contributed by atoms with van der Waals surface area (Å²) >= 11 is 0. The molecule has 0 fully saturated rings. The second-order valence-electron chi connectivity index (χ2n) is 4.21. The quantitative estimate of drug-likeness (QED) is 0.802. The molecule has 90 valence electrons. The summed E-state index contributed by atoms with van der Waals surface area (Å²) < 4.78 is 1.48. The highest BCUT2D eigenvalue weighted by atomic mass is 16.4. The standard InChI is InChI=1S/C10H17N3O3/c1-5(2)9-8(10(15)16)11-12-13(9)6(3)7(4)14/h5-7,14H,1-4H3,(H,15,16). The number of carbonyl (C=O) groups is 1. The molecule has 0 spiro atoms. The van der Waals surface area contributed by atoms with E-state index in [9.17, 15) is 9.90 Å². The average Bonchev–Trinajstić information content (AvgIpc) is 2.60. The number of carboxylic acid groups (broad SMARTS) is 1. The molecular formula is C10H17N3O3. The minimum absolute atomic E-state index is 0.0118. The van der Waals surface area contributed by atoms with Gasteiger partial charge in [-0.2, -0.15) is 0 Å². The average molecular weight is 227 g/mol. The summed E-state index contributed by atoms with van der Waals surface area (Å²) in [5, 5.41) is 25.9. The molecule has 0 aliphatic heterocycles. The normalized spacial score (nSPS) is 15.1. The van der Waals surface area contributed by atoms with Gasteiger partial charge in [0.1, 0.15) is 0 Å². The minimum atomic E-state index is -1.09. The molecule has 0 bridgehead atoms. The van der Waals surface area contributed by atoms with E-state index in [2.05, 4.69) is 10.3 Å². The van der Waals surface area contributed by atoms with E-state index in [4.69, 9.17) is 5.11 Å². The zero-order valence-electron chi connectivity index (χ0n) is 9.88. The topological polar surface area (TPSA) is 88.2 Å². The van der Waals surface area contributed by atoms with Crippen molar-refractivity contribution in [3.05, 3.63) is 11.4 Å². The zero-order valence-corrected chi connectivity index (χ0v) is 9.88. The largest absolute Gasteiger partial charge is 0.476 e. The van der Waals surface area contributed by atoms with Crippen molar-refractivity contribution in [2.24, 2.45) is 0 Å². The van der Waals surface area contributed by atoms with Crippen LogP contribution in [-0.2, 0) is 0 Å². The molecule has 2 N–H and O–H groups in total. The van der Waals surface area contributed by atoms with Gasteiger partial charge < -0.3 is 10.2 Å². The highest BCUT2D eigenvalue weighted by Gasteiger charge is 2.25. The second-order valence-corrected chi connectivity index (χ2v) is 4.21. The van der Waals surface area contributed by atoms with E-state index in [0.29, 0.717) is 5.69 Å². The maximum Gasteiger partial charge on any atom is 0.358 e. The third-order valence-electron chi connectivity index (χ3n) is 2.56. The van der Waals surface area contributed by atoms with E-state index in [0.717, 1.165) is 0 Å². The highest BCUT2D eigenvalue weighted by Crippen LogP contribution is 2.22. The molecule has 0 aromatic carbocycles. The smallest absolute Gasteiger partial charge is 0.358 e. The van der Waals surface area contributed by atoms with Crippen LogP contribution in [0.5, 0.6) is 0 Å². The molecular weight excluding hydrogens is 210 g/mol. The highest BCUT2D eigenvalue weighted by molar-refractivity contribution is 5.86. The maximum atomic E-state index is 11.0. The Balaban J connectivity index is 3.25. The molecule has 2 unspecified atom stereocenters. The third-order valence-corrected chi connectivity index (χ3v) is 2.56. The predicted octanol–water partition coefficient (Wildman–Crippen LogP) is 1.04. The number of rotatable bonds is 4. The summed E-state index contributed by atoms with van der Waals surface area (Å²) in [6.45, 7) is 7.15. The molecule has 16 heavy (non-hydrogen) atoms. The number of carboxylic acids is 1. The molecule has 1 aromatic heterocycles. The van der Waals surface area contributed by atoms with Crippen LogP contribution in [0.15, 0.2) is 0 Å². The molecule has 0 amide bonds. The van der Waals surface area contributed by atoms with Gasteiger partial charge in [-0.05, 0) is 19.8 Å². The first-order valence-electron chi connectivity index (χ1n) is 5.22. The number of nitrogens with zero attached hydrogens (tertiary/aromatic N) is 3. The molecule has 0 aliphatic carbocycles.